The second kappa shape index (κ2) is 9.39. The van der Waals surface area contributed by atoms with Crippen molar-refractivity contribution in [3.63, 3.8) is 0 Å². The quantitative estimate of drug-likeness (QED) is 0.314. The van der Waals surface area contributed by atoms with E-state index in [2.05, 4.69) is 15.5 Å². The molecule has 0 bridgehead atoms. The molecule has 0 saturated carbocycles. The standard InChI is InChI=1S/C20H14ClF3N4O2S2/c21-14-6-5-12(20(22,23)24)9-15(14)25-17(29)11-32-19-27-26-18(16-4-2-8-31-16)28(19)10-13-3-1-7-30-13/h1-9H,10-11H2,(H,25,29). The Morgan fingerprint density at radius 3 is 2.75 bits per heavy atom. The molecule has 32 heavy (non-hydrogen) atoms. The average molecular weight is 499 g/mol. The fourth-order valence-electron chi connectivity index (χ4n) is 2.80. The normalized spacial score (nSPS) is 11.6. The van der Waals surface area contributed by atoms with Crippen LogP contribution in [0.2, 0.25) is 5.02 Å². The van der Waals surface area contributed by atoms with E-state index in [-0.39, 0.29) is 16.5 Å². The first-order valence-electron chi connectivity index (χ1n) is 9.10. The van der Waals surface area contributed by atoms with Crippen LogP contribution in [0, 0.1) is 0 Å². The molecule has 4 rings (SSSR count). The molecule has 4 aromatic rings. The summed E-state index contributed by atoms with van der Waals surface area (Å²) < 4.78 is 46.1. The first kappa shape index (κ1) is 22.4. The van der Waals surface area contributed by atoms with Gasteiger partial charge in [0.25, 0.3) is 0 Å². The highest BCUT2D eigenvalue weighted by molar-refractivity contribution is 7.99. The molecule has 12 heteroatoms. The van der Waals surface area contributed by atoms with Crippen LogP contribution in [0.5, 0.6) is 0 Å². The molecule has 3 aromatic heterocycles. The van der Waals surface area contributed by atoms with Crippen LogP contribution in [0.4, 0.5) is 18.9 Å². The molecule has 0 saturated heterocycles. The summed E-state index contributed by atoms with van der Waals surface area (Å²) >= 11 is 8.55. The summed E-state index contributed by atoms with van der Waals surface area (Å²) in [5, 5.41) is 13.2. The first-order valence-corrected chi connectivity index (χ1v) is 11.3. The van der Waals surface area contributed by atoms with Crippen LogP contribution in [0.15, 0.2) is 63.7 Å². The Balaban J connectivity index is 1.50. The van der Waals surface area contributed by atoms with E-state index in [1.165, 1.54) is 11.3 Å². The van der Waals surface area contributed by atoms with E-state index < -0.39 is 17.6 Å². The van der Waals surface area contributed by atoms with Gasteiger partial charge in [0.05, 0.1) is 39.7 Å². The summed E-state index contributed by atoms with van der Waals surface area (Å²) in [6.07, 6.45) is -2.98. The number of carbonyl (C=O) groups excluding carboxylic acids is 1. The Bertz CT molecular complexity index is 1210. The fraction of sp³-hybridized carbons (Fsp3) is 0.150. The van der Waals surface area contributed by atoms with E-state index in [9.17, 15) is 18.0 Å². The highest BCUT2D eigenvalue weighted by atomic mass is 35.5. The van der Waals surface area contributed by atoms with Crippen molar-refractivity contribution in [2.24, 2.45) is 0 Å². The monoisotopic (exact) mass is 498 g/mol. The van der Waals surface area contributed by atoms with Crippen molar-refractivity contribution in [1.29, 1.82) is 0 Å². The number of thioether (sulfide) groups is 1. The van der Waals surface area contributed by atoms with Gasteiger partial charge in [0.2, 0.25) is 5.91 Å². The minimum Gasteiger partial charge on any atom is -0.467 e. The predicted molar refractivity (Wildman–Crippen MR) is 117 cm³/mol. The Morgan fingerprint density at radius 1 is 1.22 bits per heavy atom. The molecular weight excluding hydrogens is 485 g/mol. The Morgan fingerprint density at radius 2 is 2.06 bits per heavy atom. The lowest BCUT2D eigenvalue weighted by Gasteiger charge is -2.12. The number of hydrogen-bond donors (Lipinski definition) is 1. The highest BCUT2D eigenvalue weighted by Crippen LogP contribution is 2.34. The summed E-state index contributed by atoms with van der Waals surface area (Å²) in [5.74, 6) is 0.680. The zero-order valence-electron chi connectivity index (χ0n) is 16.1. The SMILES string of the molecule is O=C(CSc1nnc(-c2cccs2)n1Cc1ccco1)Nc1cc(C(F)(F)F)ccc1Cl. The predicted octanol–water partition coefficient (Wildman–Crippen LogP) is 6.05. The second-order valence-corrected chi connectivity index (χ2v) is 8.78. The summed E-state index contributed by atoms with van der Waals surface area (Å²) in [6, 6.07) is 10.1. The average Bonchev–Trinajstić information content (AvgIpc) is 3.50. The molecule has 0 radical (unpaired) electrons. The number of nitrogens with zero attached hydrogens (tertiary/aromatic N) is 3. The zero-order valence-corrected chi connectivity index (χ0v) is 18.5. The summed E-state index contributed by atoms with van der Waals surface area (Å²) in [6.45, 7) is 0.358. The van der Waals surface area contributed by atoms with Gasteiger partial charge in [-0.05, 0) is 41.8 Å². The third-order valence-electron chi connectivity index (χ3n) is 4.25. The van der Waals surface area contributed by atoms with Crippen molar-refractivity contribution in [3.8, 4) is 10.7 Å². The maximum absolute atomic E-state index is 12.9. The molecule has 1 N–H and O–H groups in total. The lowest BCUT2D eigenvalue weighted by Crippen LogP contribution is -2.16. The van der Waals surface area contributed by atoms with Gasteiger partial charge in [-0.1, -0.05) is 29.4 Å². The van der Waals surface area contributed by atoms with Gasteiger partial charge in [-0.15, -0.1) is 21.5 Å². The van der Waals surface area contributed by atoms with Crippen LogP contribution < -0.4 is 5.32 Å². The van der Waals surface area contributed by atoms with Gasteiger partial charge in [-0.25, -0.2) is 0 Å². The molecule has 0 spiro atoms. The van der Waals surface area contributed by atoms with Crippen molar-refractivity contribution >= 4 is 46.3 Å². The summed E-state index contributed by atoms with van der Waals surface area (Å²) in [4.78, 5) is 13.3. The van der Waals surface area contributed by atoms with Gasteiger partial charge in [-0.3, -0.25) is 9.36 Å². The molecule has 0 unspecified atom stereocenters. The van der Waals surface area contributed by atoms with E-state index >= 15 is 0 Å². The van der Waals surface area contributed by atoms with E-state index in [0.717, 1.165) is 34.8 Å². The van der Waals surface area contributed by atoms with Crippen LogP contribution in [-0.2, 0) is 17.5 Å². The van der Waals surface area contributed by atoms with Crippen LogP contribution in [-0.4, -0.2) is 26.4 Å². The van der Waals surface area contributed by atoms with E-state index in [4.69, 9.17) is 16.0 Å². The van der Waals surface area contributed by atoms with Gasteiger partial charge < -0.3 is 9.73 Å². The molecule has 1 amide bonds. The number of nitrogens with one attached hydrogen (secondary N) is 1. The summed E-state index contributed by atoms with van der Waals surface area (Å²) in [7, 11) is 0. The lowest BCUT2D eigenvalue weighted by atomic mass is 10.2. The van der Waals surface area contributed by atoms with Crippen LogP contribution in [0.1, 0.15) is 11.3 Å². The number of anilines is 1. The number of benzene rings is 1. The molecule has 0 atom stereocenters. The van der Waals surface area contributed by atoms with Crippen molar-refractivity contribution in [2.45, 2.75) is 17.9 Å². The first-order chi connectivity index (χ1) is 15.3. The van der Waals surface area contributed by atoms with E-state index in [1.54, 1.807) is 12.3 Å². The molecule has 0 aliphatic heterocycles. The number of halogens is 4. The molecule has 0 fully saturated rings. The highest BCUT2D eigenvalue weighted by Gasteiger charge is 2.31. The van der Waals surface area contributed by atoms with Crippen molar-refractivity contribution in [2.75, 3.05) is 11.1 Å². The van der Waals surface area contributed by atoms with Crippen LogP contribution in [0.25, 0.3) is 10.7 Å². The van der Waals surface area contributed by atoms with Crippen LogP contribution >= 0.6 is 34.7 Å². The number of alkyl halides is 3. The number of thiophene rings is 1. The number of amides is 1. The van der Waals surface area contributed by atoms with E-state index in [1.807, 2.05) is 28.1 Å². The Hall–Kier alpha value is -2.76. The number of aromatic nitrogens is 3. The van der Waals surface area contributed by atoms with Gasteiger partial charge >= 0.3 is 6.18 Å². The van der Waals surface area contributed by atoms with Gasteiger partial charge in [0, 0.05) is 0 Å². The maximum atomic E-state index is 12.9. The smallest absolute Gasteiger partial charge is 0.416 e. The minimum atomic E-state index is -4.54. The largest absolute Gasteiger partial charge is 0.467 e. The molecule has 0 aliphatic rings. The maximum Gasteiger partial charge on any atom is 0.416 e. The number of carbonyl (C=O) groups is 1. The summed E-state index contributed by atoms with van der Waals surface area (Å²) in [5.41, 5.74) is -1.01. The van der Waals surface area contributed by atoms with E-state index in [0.29, 0.717) is 23.3 Å². The van der Waals surface area contributed by atoms with Gasteiger partial charge in [-0.2, -0.15) is 13.2 Å². The minimum absolute atomic E-state index is 0.0114. The third kappa shape index (κ3) is 5.17. The van der Waals surface area contributed by atoms with Crippen LogP contribution in [0.3, 0.4) is 0 Å². The zero-order chi connectivity index (χ0) is 22.7. The molecule has 6 nitrogen and oxygen atoms in total. The van der Waals surface area contributed by atoms with Gasteiger partial charge in [0.1, 0.15) is 5.76 Å². The number of hydrogen-bond acceptors (Lipinski definition) is 6. The molecule has 0 aliphatic carbocycles. The third-order valence-corrected chi connectivity index (χ3v) is 6.41. The molecule has 1 aromatic carbocycles. The second-order valence-electron chi connectivity index (χ2n) is 6.48. The van der Waals surface area contributed by atoms with Crippen molar-refractivity contribution < 1.29 is 22.4 Å². The lowest BCUT2D eigenvalue weighted by molar-refractivity contribution is -0.137. The number of furan rings is 1. The Labute approximate surface area is 193 Å². The number of rotatable bonds is 7. The fourth-order valence-corrected chi connectivity index (χ4v) is 4.42. The molecule has 3 heterocycles. The van der Waals surface area contributed by atoms with Crippen molar-refractivity contribution in [1.82, 2.24) is 14.8 Å². The molecule has 166 valence electrons. The van der Waals surface area contributed by atoms with Crippen molar-refractivity contribution in [3.05, 3.63) is 70.5 Å². The Kier molecular flexibility index (Phi) is 6.58. The topological polar surface area (TPSA) is 73.0 Å². The molecular formula is C20H14ClF3N4O2S2. The van der Waals surface area contributed by atoms with Gasteiger partial charge in [0.15, 0.2) is 11.0 Å².